The number of para-hydroxylation sites is 1. The highest BCUT2D eigenvalue weighted by Crippen LogP contribution is 2.37. The molecule has 1 aromatic carbocycles. The Bertz CT molecular complexity index is 532. The maximum atomic E-state index is 5.83. The molecule has 0 aromatic heterocycles. The Labute approximate surface area is 139 Å². The second-order valence-electron chi connectivity index (χ2n) is 7.26. The van der Waals surface area contributed by atoms with Gasteiger partial charge in [0, 0.05) is 50.6 Å². The SMILES string of the molecule is CN1CC[C@@H](CNC2CCC3(CC2)OCCO3)c2ccccc21. The number of nitrogens with zero attached hydrogens (tertiary/aromatic N) is 1. The first kappa shape index (κ1) is 15.4. The summed E-state index contributed by atoms with van der Waals surface area (Å²) in [7, 11) is 2.20. The van der Waals surface area contributed by atoms with E-state index >= 15 is 0 Å². The topological polar surface area (TPSA) is 33.7 Å². The van der Waals surface area contributed by atoms with Gasteiger partial charge in [-0.15, -0.1) is 0 Å². The van der Waals surface area contributed by atoms with E-state index in [1.165, 1.54) is 17.7 Å². The fraction of sp³-hybridized carbons (Fsp3) is 0.684. The molecule has 4 heteroatoms. The predicted molar refractivity (Wildman–Crippen MR) is 92.0 cm³/mol. The normalized spacial score (nSPS) is 27.3. The van der Waals surface area contributed by atoms with Crippen molar-refractivity contribution in [3.05, 3.63) is 29.8 Å². The highest BCUT2D eigenvalue weighted by molar-refractivity contribution is 5.56. The van der Waals surface area contributed by atoms with Gasteiger partial charge in [-0.3, -0.25) is 0 Å². The predicted octanol–water partition coefficient (Wildman–Crippen LogP) is 2.89. The summed E-state index contributed by atoms with van der Waals surface area (Å²) in [6, 6.07) is 9.48. The van der Waals surface area contributed by atoms with Crippen LogP contribution in [-0.4, -0.2) is 45.2 Å². The average Bonchev–Trinajstić information content (AvgIpc) is 3.04. The summed E-state index contributed by atoms with van der Waals surface area (Å²) in [5.41, 5.74) is 2.91. The summed E-state index contributed by atoms with van der Waals surface area (Å²) in [6.45, 7) is 3.78. The molecule has 126 valence electrons. The molecule has 1 saturated carbocycles. The Kier molecular flexibility index (Phi) is 4.31. The zero-order chi connectivity index (χ0) is 15.7. The molecule has 0 amide bonds. The molecule has 4 nitrogen and oxygen atoms in total. The van der Waals surface area contributed by atoms with Crippen LogP contribution in [-0.2, 0) is 9.47 Å². The summed E-state index contributed by atoms with van der Waals surface area (Å²) in [6.07, 6.45) is 5.63. The van der Waals surface area contributed by atoms with Crippen LogP contribution >= 0.6 is 0 Å². The maximum absolute atomic E-state index is 5.83. The van der Waals surface area contributed by atoms with Crippen molar-refractivity contribution in [2.75, 3.05) is 38.3 Å². The number of nitrogens with one attached hydrogen (secondary N) is 1. The molecule has 23 heavy (non-hydrogen) atoms. The van der Waals surface area contributed by atoms with Gasteiger partial charge < -0.3 is 19.7 Å². The van der Waals surface area contributed by atoms with Gasteiger partial charge >= 0.3 is 0 Å². The van der Waals surface area contributed by atoms with Crippen LogP contribution in [0.25, 0.3) is 0 Å². The van der Waals surface area contributed by atoms with Crippen molar-refractivity contribution in [3.8, 4) is 0 Å². The van der Waals surface area contributed by atoms with E-state index in [4.69, 9.17) is 9.47 Å². The lowest BCUT2D eigenvalue weighted by molar-refractivity contribution is -0.179. The zero-order valence-corrected chi connectivity index (χ0v) is 14.1. The maximum Gasteiger partial charge on any atom is 0.168 e. The van der Waals surface area contributed by atoms with Crippen molar-refractivity contribution in [1.29, 1.82) is 0 Å². The first-order valence-electron chi connectivity index (χ1n) is 9.07. The Morgan fingerprint density at radius 1 is 1.13 bits per heavy atom. The number of hydrogen-bond donors (Lipinski definition) is 1. The van der Waals surface area contributed by atoms with E-state index < -0.39 is 0 Å². The number of rotatable bonds is 3. The third kappa shape index (κ3) is 3.12. The highest BCUT2D eigenvalue weighted by Gasteiger charge is 2.40. The van der Waals surface area contributed by atoms with Gasteiger partial charge in [0.2, 0.25) is 0 Å². The molecule has 1 aromatic rings. The molecule has 0 radical (unpaired) electrons. The molecule has 1 N–H and O–H groups in total. The largest absolute Gasteiger partial charge is 0.374 e. The van der Waals surface area contributed by atoms with Gasteiger partial charge in [-0.25, -0.2) is 0 Å². The van der Waals surface area contributed by atoms with E-state index in [0.29, 0.717) is 12.0 Å². The van der Waals surface area contributed by atoms with Crippen molar-refractivity contribution < 1.29 is 9.47 Å². The van der Waals surface area contributed by atoms with Gasteiger partial charge in [0.1, 0.15) is 0 Å². The lowest BCUT2D eigenvalue weighted by Crippen LogP contribution is -2.43. The van der Waals surface area contributed by atoms with Crippen LogP contribution in [0.4, 0.5) is 5.69 Å². The highest BCUT2D eigenvalue weighted by atomic mass is 16.7. The number of benzene rings is 1. The van der Waals surface area contributed by atoms with Crippen LogP contribution in [0, 0.1) is 0 Å². The van der Waals surface area contributed by atoms with Gasteiger partial charge in [0.05, 0.1) is 13.2 Å². The molecule has 0 bridgehead atoms. The molecule has 0 unspecified atom stereocenters. The summed E-state index contributed by atoms with van der Waals surface area (Å²) in [5.74, 6) is 0.399. The molecule has 3 aliphatic rings. The smallest absolute Gasteiger partial charge is 0.168 e. The van der Waals surface area contributed by atoms with Crippen molar-refractivity contribution in [3.63, 3.8) is 0 Å². The van der Waals surface area contributed by atoms with Crippen molar-refractivity contribution in [2.24, 2.45) is 0 Å². The minimum Gasteiger partial charge on any atom is -0.374 e. The molecule has 1 atom stereocenters. The average molecular weight is 316 g/mol. The van der Waals surface area contributed by atoms with Gasteiger partial charge in [0.15, 0.2) is 5.79 Å². The zero-order valence-electron chi connectivity index (χ0n) is 14.1. The molecule has 1 aliphatic carbocycles. The quantitative estimate of drug-likeness (QED) is 0.930. The van der Waals surface area contributed by atoms with Gasteiger partial charge in [-0.1, -0.05) is 18.2 Å². The standard InChI is InChI=1S/C19H28N2O2/c1-21-11-8-15(17-4-2-3-5-18(17)21)14-20-16-6-9-19(10-7-16)22-12-13-23-19/h2-5,15-16,20H,6-14H2,1H3/t15-/m0/s1. The minimum absolute atomic E-state index is 0.238. The Morgan fingerprint density at radius 2 is 1.87 bits per heavy atom. The lowest BCUT2D eigenvalue weighted by Gasteiger charge is -2.37. The van der Waals surface area contributed by atoms with Crippen LogP contribution in [0.5, 0.6) is 0 Å². The summed E-state index contributed by atoms with van der Waals surface area (Å²) < 4.78 is 11.7. The second-order valence-corrected chi connectivity index (χ2v) is 7.26. The van der Waals surface area contributed by atoms with E-state index in [-0.39, 0.29) is 5.79 Å². The fourth-order valence-electron chi connectivity index (χ4n) is 4.37. The van der Waals surface area contributed by atoms with Crippen molar-refractivity contribution >= 4 is 5.69 Å². The minimum atomic E-state index is -0.238. The number of ether oxygens (including phenoxy) is 2. The molecular weight excluding hydrogens is 288 g/mol. The van der Waals surface area contributed by atoms with E-state index in [1.54, 1.807) is 0 Å². The monoisotopic (exact) mass is 316 g/mol. The molecular formula is C19H28N2O2. The molecule has 1 saturated heterocycles. The Balaban J connectivity index is 1.33. The molecule has 2 heterocycles. The van der Waals surface area contributed by atoms with E-state index in [0.717, 1.165) is 52.0 Å². The van der Waals surface area contributed by atoms with Crippen LogP contribution < -0.4 is 10.2 Å². The van der Waals surface area contributed by atoms with Crippen LogP contribution in [0.2, 0.25) is 0 Å². The number of fused-ring (bicyclic) bond motifs is 1. The van der Waals surface area contributed by atoms with E-state index in [2.05, 4.69) is 41.5 Å². The van der Waals surface area contributed by atoms with Gasteiger partial charge in [-0.2, -0.15) is 0 Å². The summed E-state index contributed by atoms with van der Waals surface area (Å²) in [4.78, 5) is 2.38. The first-order chi connectivity index (χ1) is 11.3. The third-order valence-electron chi connectivity index (χ3n) is 5.81. The lowest BCUT2D eigenvalue weighted by atomic mass is 9.87. The first-order valence-corrected chi connectivity index (χ1v) is 9.07. The van der Waals surface area contributed by atoms with E-state index in [9.17, 15) is 0 Å². The van der Waals surface area contributed by atoms with Crippen LogP contribution in [0.3, 0.4) is 0 Å². The van der Waals surface area contributed by atoms with Crippen LogP contribution in [0.15, 0.2) is 24.3 Å². The number of hydrogen-bond acceptors (Lipinski definition) is 4. The summed E-state index contributed by atoms with van der Waals surface area (Å²) >= 11 is 0. The molecule has 1 spiro atoms. The van der Waals surface area contributed by atoms with Gasteiger partial charge in [-0.05, 0) is 30.9 Å². The fourth-order valence-corrected chi connectivity index (χ4v) is 4.37. The molecule has 2 aliphatic heterocycles. The number of anilines is 1. The molecule has 2 fully saturated rings. The van der Waals surface area contributed by atoms with E-state index in [1.807, 2.05) is 0 Å². The Morgan fingerprint density at radius 3 is 2.65 bits per heavy atom. The van der Waals surface area contributed by atoms with Crippen molar-refractivity contribution in [2.45, 2.75) is 49.9 Å². The summed E-state index contributed by atoms with van der Waals surface area (Å²) in [5, 5.41) is 3.82. The second kappa shape index (κ2) is 6.42. The van der Waals surface area contributed by atoms with Gasteiger partial charge in [0.25, 0.3) is 0 Å². The van der Waals surface area contributed by atoms with Crippen molar-refractivity contribution in [1.82, 2.24) is 5.32 Å². The van der Waals surface area contributed by atoms with Crippen LogP contribution in [0.1, 0.15) is 43.6 Å². The third-order valence-corrected chi connectivity index (χ3v) is 5.81. The Hall–Kier alpha value is -1.10. The molecule has 4 rings (SSSR count).